The highest BCUT2D eigenvalue weighted by Gasteiger charge is 2.15. The van der Waals surface area contributed by atoms with E-state index in [1.54, 1.807) is 38.3 Å². The SMILES string of the molecule is COc1ccc(N(C)C(=O)CCCc2ccc3c(c2)OCCO3)cc1OC. The molecule has 1 aliphatic rings. The van der Waals surface area contributed by atoms with Crippen molar-refractivity contribution >= 4 is 11.6 Å². The second-order valence-electron chi connectivity index (χ2n) is 6.32. The Morgan fingerprint density at radius 1 is 1.00 bits per heavy atom. The summed E-state index contributed by atoms with van der Waals surface area (Å²) in [5.41, 5.74) is 1.91. The number of benzene rings is 2. The van der Waals surface area contributed by atoms with Gasteiger partial charge in [0.25, 0.3) is 0 Å². The second-order valence-corrected chi connectivity index (χ2v) is 6.32. The molecule has 0 spiro atoms. The molecule has 0 radical (unpaired) electrons. The van der Waals surface area contributed by atoms with E-state index >= 15 is 0 Å². The zero-order chi connectivity index (χ0) is 19.2. The summed E-state index contributed by atoms with van der Waals surface area (Å²) in [5.74, 6) is 2.87. The summed E-state index contributed by atoms with van der Waals surface area (Å²) in [7, 11) is 4.94. The van der Waals surface area contributed by atoms with E-state index in [-0.39, 0.29) is 5.91 Å². The maximum Gasteiger partial charge on any atom is 0.226 e. The number of aryl methyl sites for hydroxylation is 1. The fraction of sp³-hybridized carbons (Fsp3) is 0.381. The Balaban J connectivity index is 1.56. The molecule has 0 fully saturated rings. The molecule has 3 rings (SSSR count). The molecule has 0 bridgehead atoms. The Morgan fingerprint density at radius 2 is 1.74 bits per heavy atom. The highest BCUT2D eigenvalue weighted by Crippen LogP contribution is 2.32. The first-order chi connectivity index (χ1) is 13.1. The van der Waals surface area contributed by atoms with Crippen LogP contribution in [0.5, 0.6) is 23.0 Å². The van der Waals surface area contributed by atoms with E-state index < -0.39 is 0 Å². The number of hydrogen-bond acceptors (Lipinski definition) is 5. The predicted molar refractivity (Wildman–Crippen MR) is 103 cm³/mol. The summed E-state index contributed by atoms with van der Waals surface area (Å²) >= 11 is 0. The number of carbonyl (C=O) groups is 1. The average Bonchev–Trinajstić information content (AvgIpc) is 2.72. The smallest absolute Gasteiger partial charge is 0.226 e. The monoisotopic (exact) mass is 371 g/mol. The standard InChI is InChI=1S/C21H25NO5/c1-22(16-8-10-17(24-2)19(14-16)25-3)21(23)6-4-5-15-7-9-18-20(13-15)27-12-11-26-18/h7-10,13-14H,4-6,11-12H2,1-3H3. The van der Waals surface area contributed by atoms with Crippen LogP contribution in [-0.4, -0.2) is 40.4 Å². The molecule has 2 aromatic rings. The van der Waals surface area contributed by atoms with Crippen LogP contribution in [0.25, 0.3) is 0 Å². The maximum absolute atomic E-state index is 12.5. The van der Waals surface area contributed by atoms with Gasteiger partial charge in [0, 0.05) is 25.2 Å². The zero-order valence-electron chi connectivity index (χ0n) is 16.0. The molecule has 0 aliphatic carbocycles. The van der Waals surface area contributed by atoms with E-state index in [0.717, 1.165) is 35.6 Å². The van der Waals surface area contributed by atoms with Gasteiger partial charge in [-0.05, 0) is 42.7 Å². The number of hydrogen-bond donors (Lipinski definition) is 0. The zero-order valence-corrected chi connectivity index (χ0v) is 16.0. The van der Waals surface area contributed by atoms with Crippen molar-refractivity contribution in [1.82, 2.24) is 0 Å². The third-order valence-electron chi connectivity index (χ3n) is 4.59. The van der Waals surface area contributed by atoms with Gasteiger partial charge in [-0.15, -0.1) is 0 Å². The van der Waals surface area contributed by atoms with Gasteiger partial charge < -0.3 is 23.8 Å². The third-order valence-corrected chi connectivity index (χ3v) is 4.59. The number of anilines is 1. The van der Waals surface area contributed by atoms with Crippen LogP contribution in [0.2, 0.25) is 0 Å². The minimum atomic E-state index is 0.0553. The molecule has 0 saturated heterocycles. The molecule has 0 unspecified atom stereocenters. The van der Waals surface area contributed by atoms with E-state index in [4.69, 9.17) is 18.9 Å². The molecule has 0 saturated carbocycles. The number of amides is 1. The van der Waals surface area contributed by atoms with Gasteiger partial charge in [-0.1, -0.05) is 6.07 Å². The second kappa shape index (κ2) is 8.66. The van der Waals surface area contributed by atoms with Gasteiger partial charge in [-0.3, -0.25) is 4.79 Å². The molecule has 1 aliphatic heterocycles. The number of fused-ring (bicyclic) bond motifs is 1. The Hall–Kier alpha value is -2.89. The first kappa shape index (κ1) is 18.9. The molecule has 2 aromatic carbocycles. The molecule has 6 nitrogen and oxygen atoms in total. The van der Waals surface area contributed by atoms with E-state index in [1.165, 1.54) is 0 Å². The fourth-order valence-corrected chi connectivity index (χ4v) is 3.03. The van der Waals surface area contributed by atoms with Crippen LogP contribution in [0.1, 0.15) is 18.4 Å². The van der Waals surface area contributed by atoms with Crippen LogP contribution in [0.3, 0.4) is 0 Å². The topological polar surface area (TPSA) is 57.2 Å². The number of carbonyl (C=O) groups excluding carboxylic acids is 1. The Bertz CT molecular complexity index is 805. The van der Waals surface area contributed by atoms with Crippen LogP contribution in [0, 0.1) is 0 Å². The van der Waals surface area contributed by atoms with E-state index in [0.29, 0.717) is 31.1 Å². The Morgan fingerprint density at radius 3 is 2.48 bits per heavy atom. The van der Waals surface area contributed by atoms with Gasteiger partial charge in [0.2, 0.25) is 5.91 Å². The number of ether oxygens (including phenoxy) is 4. The van der Waals surface area contributed by atoms with E-state index in [2.05, 4.69) is 0 Å². The van der Waals surface area contributed by atoms with E-state index in [9.17, 15) is 4.79 Å². The van der Waals surface area contributed by atoms with Crippen molar-refractivity contribution < 1.29 is 23.7 Å². The molecular formula is C21H25NO5. The molecule has 144 valence electrons. The van der Waals surface area contributed by atoms with Gasteiger partial charge in [-0.2, -0.15) is 0 Å². The van der Waals surface area contributed by atoms with Crippen LogP contribution in [0.15, 0.2) is 36.4 Å². The fourth-order valence-electron chi connectivity index (χ4n) is 3.03. The molecule has 0 atom stereocenters. The summed E-state index contributed by atoms with van der Waals surface area (Å²) in [6.45, 7) is 1.16. The third kappa shape index (κ3) is 4.45. The first-order valence-electron chi connectivity index (χ1n) is 8.99. The van der Waals surface area contributed by atoms with Crippen molar-refractivity contribution in [2.75, 3.05) is 39.4 Å². The van der Waals surface area contributed by atoms with Crippen molar-refractivity contribution in [2.45, 2.75) is 19.3 Å². The van der Waals surface area contributed by atoms with Crippen LogP contribution in [-0.2, 0) is 11.2 Å². The number of methoxy groups -OCH3 is 2. The minimum absolute atomic E-state index is 0.0553. The summed E-state index contributed by atoms with van der Waals surface area (Å²) in [5, 5.41) is 0. The lowest BCUT2D eigenvalue weighted by atomic mass is 10.1. The minimum Gasteiger partial charge on any atom is -0.493 e. The van der Waals surface area contributed by atoms with Crippen LogP contribution < -0.4 is 23.8 Å². The average molecular weight is 371 g/mol. The quantitative estimate of drug-likeness (QED) is 0.746. The van der Waals surface area contributed by atoms with E-state index in [1.807, 2.05) is 24.3 Å². The van der Waals surface area contributed by atoms with Crippen molar-refractivity contribution in [3.8, 4) is 23.0 Å². The number of rotatable bonds is 7. The normalized spacial score (nSPS) is 12.4. The highest BCUT2D eigenvalue weighted by molar-refractivity contribution is 5.93. The van der Waals surface area contributed by atoms with Crippen LogP contribution in [0.4, 0.5) is 5.69 Å². The molecule has 0 aromatic heterocycles. The summed E-state index contributed by atoms with van der Waals surface area (Å²) < 4.78 is 21.7. The van der Waals surface area contributed by atoms with Crippen molar-refractivity contribution in [1.29, 1.82) is 0 Å². The lowest BCUT2D eigenvalue weighted by molar-refractivity contribution is -0.118. The van der Waals surface area contributed by atoms with Gasteiger partial charge in [-0.25, -0.2) is 0 Å². The maximum atomic E-state index is 12.5. The Kier molecular flexibility index (Phi) is 6.06. The molecule has 1 amide bonds. The lowest BCUT2D eigenvalue weighted by Gasteiger charge is -2.20. The molecule has 27 heavy (non-hydrogen) atoms. The molecular weight excluding hydrogens is 346 g/mol. The van der Waals surface area contributed by atoms with Gasteiger partial charge in [0.05, 0.1) is 14.2 Å². The molecule has 1 heterocycles. The summed E-state index contributed by atoms with van der Waals surface area (Å²) in [6, 6.07) is 11.4. The highest BCUT2D eigenvalue weighted by atomic mass is 16.6. The van der Waals surface area contributed by atoms with Crippen LogP contribution >= 0.6 is 0 Å². The molecule has 6 heteroatoms. The van der Waals surface area contributed by atoms with Crippen molar-refractivity contribution in [3.05, 3.63) is 42.0 Å². The summed E-state index contributed by atoms with van der Waals surface area (Å²) in [6.07, 6.45) is 2.03. The predicted octanol–water partition coefficient (Wildman–Crippen LogP) is 3.46. The largest absolute Gasteiger partial charge is 0.493 e. The van der Waals surface area contributed by atoms with Gasteiger partial charge >= 0.3 is 0 Å². The lowest BCUT2D eigenvalue weighted by Crippen LogP contribution is -2.26. The first-order valence-corrected chi connectivity index (χ1v) is 8.99. The summed E-state index contributed by atoms with van der Waals surface area (Å²) in [4.78, 5) is 14.2. The van der Waals surface area contributed by atoms with Crippen molar-refractivity contribution in [2.24, 2.45) is 0 Å². The number of nitrogens with zero attached hydrogens (tertiary/aromatic N) is 1. The molecule has 0 N–H and O–H groups in total. The van der Waals surface area contributed by atoms with Gasteiger partial charge in [0.15, 0.2) is 23.0 Å². The van der Waals surface area contributed by atoms with Gasteiger partial charge in [0.1, 0.15) is 13.2 Å². The van der Waals surface area contributed by atoms with Crippen molar-refractivity contribution in [3.63, 3.8) is 0 Å². The Labute approximate surface area is 159 Å².